The van der Waals surface area contributed by atoms with Gasteiger partial charge in [0.2, 0.25) is 0 Å². The molecule has 0 N–H and O–H groups in total. The predicted octanol–water partition coefficient (Wildman–Crippen LogP) is 14.1. The SMILES string of the molecule is CCC(O[Si](CC)(CC)CC)C(C)C1OC1CC(C)(C=CC=C(C)C1OC(=O)CC(O[Si](CC)(CC)CC)CCC(C)C(OC(=O)N(C)CCN2CCCCC2)C=CC1C)O[Si](CC)(CC)CC. The number of nitrogens with zero attached hydrogens (tertiary/aromatic N) is 2. The van der Waals surface area contributed by atoms with E-state index in [1.54, 1.807) is 4.90 Å². The summed E-state index contributed by atoms with van der Waals surface area (Å²) in [5, 5.41) is 0. The van der Waals surface area contributed by atoms with Crippen LogP contribution < -0.4 is 0 Å². The number of allylic oxidation sites excluding steroid dienone is 2. The number of carbonyl (C=O) groups is 2. The molecule has 3 heterocycles. The Labute approximate surface area is 420 Å². The Hall–Kier alpha value is -1.59. The van der Waals surface area contributed by atoms with Crippen molar-refractivity contribution in [2.75, 3.05) is 33.2 Å². The molecular formula is C55H104N2O8Si3. The standard InChI is InChI=1S/C55H104N2O8Si3/c1-17-48(64-67(21-5,22-6)23-7)46(14)53-50(60-53)42-55(15,65-68(24-8,25-9)26-10)36-30-31-44(12)52-45(13)33-35-49(61-54(59)56(16)39-40-57-37-28-27-29-38-57)43(11)32-34-47(41-51(58)62-52)63-66(18-2,19-3)20-4/h30-31,33,35-36,43,45-50,52-53H,17-29,32,34,37-42H2,1-16H3. The van der Waals surface area contributed by atoms with Gasteiger partial charge in [-0.3, -0.25) is 4.79 Å². The Balaban J connectivity index is 1.96. The van der Waals surface area contributed by atoms with Crippen LogP contribution in [0.1, 0.15) is 155 Å². The molecule has 10 unspecified atom stereocenters. The number of amides is 1. The van der Waals surface area contributed by atoms with Gasteiger partial charge in [-0.15, -0.1) is 0 Å². The van der Waals surface area contributed by atoms with Gasteiger partial charge in [-0.2, -0.15) is 0 Å². The molecule has 3 aliphatic rings. The molecule has 3 aliphatic heterocycles. The van der Waals surface area contributed by atoms with Crippen LogP contribution in [0.15, 0.2) is 36.0 Å². The van der Waals surface area contributed by atoms with E-state index in [0.717, 1.165) is 98.9 Å². The molecule has 0 aromatic heterocycles. The summed E-state index contributed by atoms with van der Waals surface area (Å²) in [4.78, 5) is 32.0. The average Bonchev–Trinajstić information content (AvgIpc) is 4.12. The van der Waals surface area contributed by atoms with Gasteiger partial charge in [-0.25, -0.2) is 4.79 Å². The molecule has 0 aliphatic carbocycles. The highest BCUT2D eigenvalue weighted by molar-refractivity contribution is 6.74. The number of likely N-dealkylation sites (N-methyl/N-ethyl adjacent to an activating group) is 1. The zero-order valence-corrected chi connectivity index (χ0v) is 49.6. The van der Waals surface area contributed by atoms with Crippen LogP contribution in [0.5, 0.6) is 0 Å². The fourth-order valence-corrected chi connectivity index (χ4v) is 20.0. The summed E-state index contributed by atoms with van der Waals surface area (Å²) in [5.41, 5.74) is 0.406. The normalized spacial score (nSPS) is 26.9. The molecule has 2 saturated heterocycles. The van der Waals surface area contributed by atoms with Crippen molar-refractivity contribution in [3.05, 3.63) is 36.0 Å². The summed E-state index contributed by atoms with van der Waals surface area (Å²) < 4.78 is 40.9. The van der Waals surface area contributed by atoms with Gasteiger partial charge in [-0.1, -0.05) is 121 Å². The third kappa shape index (κ3) is 17.9. The highest BCUT2D eigenvalue weighted by Crippen LogP contribution is 2.43. The summed E-state index contributed by atoms with van der Waals surface area (Å²) >= 11 is 0. The Kier molecular flexibility index (Phi) is 26.1. The van der Waals surface area contributed by atoms with E-state index in [0.29, 0.717) is 18.9 Å². The van der Waals surface area contributed by atoms with Gasteiger partial charge in [0.1, 0.15) is 12.2 Å². The molecular weight excluding hydrogens is 901 g/mol. The molecule has 10 nitrogen and oxygen atoms in total. The molecule has 0 radical (unpaired) electrons. The minimum atomic E-state index is -2.04. The number of piperidine rings is 1. The molecule has 0 saturated carbocycles. The molecule has 1 amide bonds. The van der Waals surface area contributed by atoms with Crippen LogP contribution in [0.2, 0.25) is 54.4 Å². The largest absolute Gasteiger partial charge is 0.457 e. The lowest BCUT2D eigenvalue weighted by molar-refractivity contribution is -0.150. The summed E-state index contributed by atoms with van der Waals surface area (Å²) in [6, 6.07) is 9.62. The number of ether oxygens (including phenoxy) is 3. The highest BCUT2D eigenvalue weighted by Gasteiger charge is 2.51. The Morgan fingerprint density at radius 3 is 2.01 bits per heavy atom. The summed E-state index contributed by atoms with van der Waals surface area (Å²) in [6.07, 6.45) is 16.7. The van der Waals surface area contributed by atoms with E-state index >= 15 is 0 Å². The van der Waals surface area contributed by atoms with Crippen molar-refractivity contribution in [2.24, 2.45) is 17.8 Å². The van der Waals surface area contributed by atoms with E-state index in [-0.39, 0.29) is 54.7 Å². The fourth-order valence-electron chi connectivity index (χ4n) is 11.0. The van der Waals surface area contributed by atoms with Crippen LogP contribution in [0.25, 0.3) is 0 Å². The zero-order valence-electron chi connectivity index (χ0n) is 46.6. The lowest BCUT2D eigenvalue weighted by Gasteiger charge is -2.39. The molecule has 68 heavy (non-hydrogen) atoms. The van der Waals surface area contributed by atoms with E-state index in [4.69, 9.17) is 27.5 Å². The van der Waals surface area contributed by atoms with E-state index in [9.17, 15) is 9.59 Å². The molecule has 13 heteroatoms. The number of cyclic esters (lactones) is 1. The van der Waals surface area contributed by atoms with Gasteiger partial charge in [0.25, 0.3) is 0 Å². The maximum atomic E-state index is 14.1. The quantitative estimate of drug-likeness (QED) is 0.0262. The van der Waals surface area contributed by atoms with Gasteiger partial charge in [0, 0.05) is 44.5 Å². The van der Waals surface area contributed by atoms with E-state index in [1.807, 2.05) is 13.1 Å². The fraction of sp³-hybridized carbons (Fsp3) is 0.855. The second-order valence-electron chi connectivity index (χ2n) is 21.5. The lowest BCUT2D eigenvalue weighted by Crippen LogP contribution is -2.46. The first-order chi connectivity index (χ1) is 32.3. The number of likely N-dealkylation sites (tertiary alicyclic amines) is 1. The van der Waals surface area contributed by atoms with Crippen molar-refractivity contribution >= 4 is 37.0 Å². The third-order valence-corrected chi connectivity index (χ3v) is 31.2. The molecule has 3 rings (SSSR count). The molecule has 0 spiro atoms. The number of hydrogen-bond donors (Lipinski definition) is 0. The van der Waals surface area contributed by atoms with Crippen molar-refractivity contribution in [1.29, 1.82) is 0 Å². The monoisotopic (exact) mass is 1000 g/mol. The Bertz CT molecular complexity index is 1550. The van der Waals surface area contributed by atoms with Crippen LogP contribution in [-0.2, 0) is 32.3 Å². The van der Waals surface area contributed by atoms with Crippen LogP contribution in [-0.4, -0.2) is 122 Å². The number of esters is 1. The lowest BCUT2D eigenvalue weighted by atomic mass is 9.91. The first-order valence-electron chi connectivity index (χ1n) is 27.9. The Morgan fingerprint density at radius 1 is 0.868 bits per heavy atom. The van der Waals surface area contributed by atoms with Crippen LogP contribution >= 0.6 is 0 Å². The number of epoxide rings is 1. The summed E-state index contributed by atoms with van der Waals surface area (Å²) in [7, 11) is -3.99. The van der Waals surface area contributed by atoms with Gasteiger partial charge < -0.3 is 37.3 Å². The molecule has 394 valence electrons. The smallest absolute Gasteiger partial charge is 0.410 e. The van der Waals surface area contributed by atoms with Crippen molar-refractivity contribution in [3.8, 4) is 0 Å². The van der Waals surface area contributed by atoms with E-state index in [2.05, 4.69) is 133 Å². The maximum Gasteiger partial charge on any atom is 0.410 e. The average molecular weight is 1010 g/mol. The number of hydrogen-bond acceptors (Lipinski definition) is 9. The molecule has 2 fully saturated rings. The molecule has 10 atom stereocenters. The maximum absolute atomic E-state index is 14.1. The Morgan fingerprint density at radius 2 is 1.46 bits per heavy atom. The van der Waals surface area contributed by atoms with Crippen molar-refractivity contribution in [1.82, 2.24) is 9.80 Å². The van der Waals surface area contributed by atoms with Gasteiger partial charge in [-0.05, 0) is 131 Å². The van der Waals surface area contributed by atoms with Gasteiger partial charge in [0.15, 0.2) is 25.0 Å². The van der Waals surface area contributed by atoms with E-state index in [1.165, 1.54) is 19.3 Å². The first-order valence-corrected chi connectivity index (χ1v) is 35.5. The minimum absolute atomic E-state index is 0.0268. The topological polar surface area (TPSA) is 99.3 Å². The number of rotatable bonds is 27. The van der Waals surface area contributed by atoms with Crippen molar-refractivity contribution < 1.29 is 37.1 Å². The van der Waals surface area contributed by atoms with Crippen LogP contribution in [0.4, 0.5) is 4.79 Å². The third-order valence-electron chi connectivity index (χ3n) is 17.0. The summed E-state index contributed by atoms with van der Waals surface area (Å²) in [5.74, 6) is -0.0840. The van der Waals surface area contributed by atoms with Crippen molar-refractivity contribution in [2.45, 2.75) is 252 Å². The summed E-state index contributed by atoms with van der Waals surface area (Å²) in [6.45, 7) is 37.3. The van der Waals surface area contributed by atoms with Gasteiger partial charge >= 0.3 is 12.1 Å². The first kappa shape index (κ1) is 60.7. The van der Waals surface area contributed by atoms with Gasteiger partial charge in [0.05, 0.1) is 30.3 Å². The van der Waals surface area contributed by atoms with Crippen LogP contribution in [0, 0.1) is 17.8 Å². The predicted molar refractivity (Wildman–Crippen MR) is 291 cm³/mol. The molecule has 0 bridgehead atoms. The number of carbonyl (C=O) groups excluding carboxylic acids is 2. The van der Waals surface area contributed by atoms with Crippen LogP contribution in [0.3, 0.4) is 0 Å². The second kappa shape index (κ2) is 29.2. The zero-order chi connectivity index (χ0) is 50.7. The molecule has 0 aromatic carbocycles. The molecule has 0 aromatic rings. The minimum Gasteiger partial charge on any atom is -0.457 e. The van der Waals surface area contributed by atoms with Crippen molar-refractivity contribution in [3.63, 3.8) is 0 Å². The van der Waals surface area contributed by atoms with E-state index < -0.39 is 42.8 Å². The second-order valence-corrected chi connectivity index (χ2v) is 35.6. The highest BCUT2D eigenvalue weighted by atomic mass is 28.4.